The predicted molar refractivity (Wildman–Crippen MR) is 114 cm³/mol. The molecule has 1 aliphatic carbocycles. The number of nitrogens with one attached hydrogen (secondary N) is 2. The standard InChI is InChI=1S/C22H24N4O4/c1-15(24-25-22(28)17-10-12-20(13-11-17)26(29)30)18-8-5-9-19(14-18)23-21(27)16-6-3-2-4-7-16/h5,8-14,16H,2-4,6-7H2,1H3,(H,23,27)(H,25,28). The highest BCUT2D eigenvalue weighted by Gasteiger charge is 2.21. The van der Waals surface area contributed by atoms with Gasteiger partial charge in [0.1, 0.15) is 0 Å². The molecule has 0 radical (unpaired) electrons. The number of hydrazone groups is 1. The van der Waals surface area contributed by atoms with Crippen LogP contribution in [0.2, 0.25) is 0 Å². The van der Waals surface area contributed by atoms with Gasteiger partial charge in [-0.2, -0.15) is 5.10 Å². The summed E-state index contributed by atoms with van der Waals surface area (Å²) in [6, 6.07) is 12.6. The summed E-state index contributed by atoms with van der Waals surface area (Å²) >= 11 is 0. The molecule has 0 aliphatic heterocycles. The number of anilines is 1. The molecular formula is C22H24N4O4. The summed E-state index contributed by atoms with van der Waals surface area (Å²) in [7, 11) is 0. The highest BCUT2D eigenvalue weighted by molar-refractivity contribution is 6.02. The molecule has 8 nitrogen and oxygen atoms in total. The zero-order valence-corrected chi connectivity index (χ0v) is 16.8. The normalized spacial score (nSPS) is 14.8. The lowest BCUT2D eigenvalue weighted by Crippen LogP contribution is -2.24. The van der Waals surface area contributed by atoms with Crippen molar-refractivity contribution in [2.75, 3.05) is 5.32 Å². The topological polar surface area (TPSA) is 114 Å². The minimum atomic E-state index is -0.524. The van der Waals surface area contributed by atoms with E-state index in [1.807, 2.05) is 24.3 Å². The molecule has 2 aromatic carbocycles. The van der Waals surface area contributed by atoms with Gasteiger partial charge in [-0.15, -0.1) is 0 Å². The van der Waals surface area contributed by atoms with Crippen LogP contribution in [-0.2, 0) is 4.79 Å². The number of hydrogen-bond acceptors (Lipinski definition) is 5. The lowest BCUT2D eigenvalue weighted by molar-refractivity contribution is -0.384. The number of rotatable bonds is 6. The van der Waals surface area contributed by atoms with Gasteiger partial charge in [0.15, 0.2) is 0 Å². The molecule has 0 bridgehead atoms. The average Bonchev–Trinajstić information content (AvgIpc) is 2.78. The number of carbonyl (C=O) groups is 2. The number of nitro benzene ring substituents is 1. The lowest BCUT2D eigenvalue weighted by atomic mass is 9.88. The molecule has 3 rings (SSSR count). The van der Waals surface area contributed by atoms with E-state index < -0.39 is 10.8 Å². The Hall–Kier alpha value is -3.55. The van der Waals surface area contributed by atoms with Crippen LogP contribution >= 0.6 is 0 Å². The molecule has 0 aromatic heterocycles. The second-order valence-corrected chi connectivity index (χ2v) is 7.35. The van der Waals surface area contributed by atoms with Crippen LogP contribution in [0, 0.1) is 16.0 Å². The third-order valence-corrected chi connectivity index (χ3v) is 5.19. The van der Waals surface area contributed by atoms with Gasteiger partial charge in [0.25, 0.3) is 11.6 Å². The van der Waals surface area contributed by atoms with Gasteiger partial charge in [0, 0.05) is 29.3 Å². The van der Waals surface area contributed by atoms with Gasteiger partial charge in [0.05, 0.1) is 10.6 Å². The maximum absolute atomic E-state index is 12.4. The van der Waals surface area contributed by atoms with Crippen molar-refractivity contribution >= 4 is 28.9 Å². The van der Waals surface area contributed by atoms with Crippen molar-refractivity contribution < 1.29 is 14.5 Å². The van der Waals surface area contributed by atoms with E-state index in [4.69, 9.17) is 0 Å². The quantitative estimate of drug-likeness (QED) is 0.422. The van der Waals surface area contributed by atoms with Crippen LogP contribution in [0.5, 0.6) is 0 Å². The fourth-order valence-electron chi connectivity index (χ4n) is 3.43. The number of amides is 2. The molecule has 0 saturated heterocycles. The molecule has 8 heteroatoms. The van der Waals surface area contributed by atoms with Crippen LogP contribution in [0.1, 0.15) is 54.9 Å². The van der Waals surface area contributed by atoms with Gasteiger partial charge in [-0.05, 0) is 49.6 Å². The van der Waals surface area contributed by atoms with Crippen LogP contribution in [-0.4, -0.2) is 22.4 Å². The summed E-state index contributed by atoms with van der Waals surface area (Å²) in [6.45, 7) is 1.75. The molecule has 1 saturated carbocycles. The summed E-state index contributed by atoms with van der Waals surface area (Å²) < 4.78 is 0. The minimum absolute atomic E-state index is 0.0490. The molecule has 2 amide bonds. The van der Waals surface area contributed by atoms with E-state index in [0.717, 1.165) is 31.2 Å². The Morgan fingerprint density at radius 2 is 1.73 bits per heavy atom. The second kappa shape index (κ2) is 9.78. The predicted octanol–water partition coefficient (Wildman–Crippen LogP) is 4.27. The lowest BCUT2D eigenvalue weighted by Gasteiger charge is -2.20. The Labute approximate surface area is 174 Å². The summed E-state index contributed by atoms with van der Waals surface area (Å²) in [5, 5.41) is 17.8. The van der Waals surface area contributed by atoms with Crippen LogP contribution < -0.4 is 10.7 Å². The van der Waals surface area contributed by atoms with E-state index in [-0.39, 0.29) is 23.1 Å². The third kappa shape index (κ3) is 5.50. The number of hydrogen-bond donors (Lipinski definition) is 2. The number of nitro groups is 1. The van der Waals surface area contributed by atoms with Gasteiger partial charge in [-0.3, -0.25) is 19.7 Å². The number of non-ortho nitro benzene ring substituents is 1. The van der Waals surface area contributed by atoms with E-state index in [0.29, 0.717) is 11.4 Å². The molecule has 2 N–H and O–H groups in total. The Kier molecular flexibility index (Phi) is 6.90. The molecule has 0 heterocycles. The van der Waals surface area contributed by atoms with Gasteiger partial charge in [-0.25, -0.2) is 5.43 Å². The van der Waals surface area contributed by atoms with Gasteiger partial charge >= 0.3 is 0 Å². The van der Waals surface area contributed by atoms with Crippen LogP contribution in [0.4, 0.5) is 11.4 Å². The maximum atomic E-state index is 12.4. The van der Waals surface area contributed by atoms with E-state index >= 15 is 0 Å². The number of nitrogens with zero attached hydrogens (tertiary/aromatic N) is 2. The highest BCUT2D eigenvalue weighted by Crippen LogP contribution is 2.25. The molecule has 0 unspecified atom stereocenters. The Balaban J connectivity index is 1.62. The number of benzene rings is 2. The third-order valence-electron chi connectivity index (χ3n) is 5.19. The Bertz CT molecular complexity index is 963. The smallest absolute Gasteiger partial charge is 0.271 e. The first-order chi connectivity index (χ1) is 14.4. The highest BCUT2D eigenvalue weighted by atomic mass is 16.6. The first-order valence-corrected chi connectivity index (χ1v) is 9.94. The van der Waals surface area contributed by atoms with Crippen molar-refractivity contribution in [3.05, 3.63) is 69.8 Å². The Morgan fingerprint density at radius 1 is 1.03 bits per heavy atom. The van der Waals surface area contributed by atoms with Gasteiger partial charge < -0.3 is 5.32 Å². The van der Waals surface area contributed by atoms with Crippen LogP contribution in [0.15, 0.2) is 53.6 Å². The second-order valence-electron chi connectivity index (χ2n) is 7.35. The zero-order valence-electron chi connectivity index (χ0n) is 16.8. The molecular weight excluding hydrogens is 384 g/mol. The summed E-state index contributed by atoms with van der Waals surface area (Å²) in [6.07, 6.45) is 5.25. The van der Waals surface area contributed by atoms with E-state index in [2.05, 4.69) is 15.8 Å². The maximum Gasteiger partial charge on any atom is 0.271 e. The SMILES string of the molecule is CC(=NNC(=O)c1ccc([N+](=O)[O-])cc1)c1cccc(NC(=O)C2CCCCC2)c1. The Morgan fingerprint density at radius 3 is 2.40 bits per heavy atom. The molecule has 0 spiro atoms. The van der Waals surface area contributed by atoms with Crippen LogP contribution in [0.25, 0.3) is 0 Å². The average molecular weight is 408 g/mol. The minimum Gasteiger partial charge on any atom is -0.326 e. The van der Waals surface area contributed by atoms with Gasteiger partial charge in [0.2, 0.25) is 5.91 Å². The fourth-order valence-corrected chi connectivity index (χ4v) is 3.43. The first-order valence-electron chi connectivity index (χ1n) is 9.94. The summed E-state index contributed by atoms with van der Waals surface area (Å²) in [5.74, 6) is -0.350. The van der Waals surface area contributed by atoms with Crippen LogP contribution in [0.3, 0.4) is 0 Å². The molecule has 1 fully saturated rings. The molecule has 1 aliphatic rings. The van der Waals surface area contributed by atoms with Crippen molar-refractivity contribution in [1.82, 2.24) is 5.43 Å². The van der Waals surface area contributed by atoms with Crippen molar-refractivity contribution in [3.8, 4) is 0 Å². The molecule has 156 valence electrons. The van der Waals surface area contributed by atoms with Crippen molar-refractivity contribution in [3.63, 3.8) is 0 Å². The monoisotopic (exact) mass is 408 g/mol. The van der Waals surface area contributed by atoms with E-state index in [9.17, 15) is 19.7 Å². The molecule has 2 aromatic rings. The molecule has 30 heavy (non-hydrogen) atoms. The first kappa shape index (κ1) is 21.2. The zero-order chi connectivity index (χ0) is 21.5. The molecule has 0 atom stereocenters. The van der Waals surface area contributed by atoms with Crippen molar-refractivity contribution in [2.45, 2.75) is 39.0 Å². The number of carbonyl (C=O) groups excluding carboxylic acids is 2. The summed E-state index contributed by atoms with van der Waals surface area (Å²) in [5.41, 5.74) is 4.66. The largest absolute Gasteiger partial charge is 0.326 e. The fraction of sp³-hybridized carbons (Fsp3) is 0.318. The van der Waals surface area contributed by atoms with E-state index in [1.165, 1.54) is 30.7 Å². The van der Waals surface area contributed by atoms with Gasteiger partial charge in [-0.1, -0.05) is 31.4 Å². The van der Waals surface area contributed by atoms with Crippen molar-refractivity contribution in [2.24, 2.45) is 11.0 Å². The van der Waals surface area contributed by atoms with Crippen molar-refractivity contribution in [1.29, 1.82) is 0 Å². The summed E-state index contributed by atoms with van der Waals surface area (Å²) in [4.78, 5) is 34.8. The van der Waals surface area contributed by atoms with E-state index in [1.54, 1.807) is 6.92 Å².